The van der Waals surface area contributed by atoms with Gasteiger partial charge in [0.05, 0.1) is 5.92 Å². The maximum absolute atomic E-state index is 11.2. The Balaban J connectivity index is 2.05. The van der Waals surface area contributed by atoms with Crippen LogP contribution in [0.15, 0.2) is 24.5 Å². The molecule has 2 rings (SSSR count). The third-order valence-electron chi connectivity index (χ3n) is 2.30. The number of aromatic nitrogens is 1. The van der Waals surface area contributed by atoms with Crippen LogP contribution in [-0.4, -0.2) is 16.8 Å². The second-order valence-electron chi connectivity index (χ2n) is 3.37. The van der Waals surface area contributed by atoms with Crippen molar-refractivity contribution in [2.45, 2.75) is 12.8 Å². The van der Waals surface area contributed by atoms with Gasteiger partial charge in [-0.3, -0.25) is 19.9 Å². The molecular formula is C10H10N2O2. The molecule has 1 N–H and O–H groups in total. The molecule has 4 nitrogen and oxygen atoms in total. The van der Waals surface area contributed by atoms with Crippen LogP contribution in [-0.2, 0) is 16.0 Å². The highest BCUT2D eigenvalue weighted by molar-refractivity contribution is 6.03. The molecule has 0 spiro atoms. The van der Waals surface area contributed by atoms with Crippen LogP contribution in [0.4, 0.5) is 0 Å². The molecule has 2 heterocycles. The first-order valence-corrected chi connectivity index (χ1v) is 4.48. The molecule has 0 radical (unpaired) electrons. The molecule has 2 amide bonds. The van der Waals surface area contributed by atoms with E-state index in [1.165, 1.54) is 0 Å². The van der Waals surface area contributed by atoms with E-state index in [9.17, 15) is 9.59 Å². The highest BCUT2D eigenvalue weighted by Gasteiger charge is 2.30. The third-order valence-corrected chi connectivity index (χ3v) is 2.30. The van der Waals surface area contributed by atoms with E-state index in [2.05, 4.69) is 10.3 Å². The van der Waals surface area contributed by atoms with Crippen molar-refractivity contribution in [3.8, 4) is 0 Å². The second kappa shape index (κ2) is 3.57. The minimum atomic E-state index is -0.204. The number of imide groups is 1. The van der Waals surface area contributed by atoms with E-state index in [4.69, 9.17) is 0 Å². The molecule has 0 aromatic carbocycles. The summed E-state index contributed by atoms with van der Waals surface area (Å²) in [5.74, 6) is -0.536. The fourth-order valence-electron chi connectivity index (χ4n) is 1.58. The number of rotatable bonds is 2. The molecule has 1 unspecified atom stereocenters. The SMILES string of the molecule is O=C1CC(Cc2ccncc2)C(=O)N1. The fraction of sp³-hybridized carbons (Fsp3) is 0.300. The molecule has 1 aliphatic rings. The molecule has 72 valence electrons. The number of nitrogens with one attached hydrogen (secondary N) is 1. The number of carbonyl (C=O) groups excluding carboxylic acids is 2. The van der Waals surface area contributed by atoms with Crippen LogP contribution < -0.4 is 5.32 Å². The first-order valence-electron chi connectivity index (χ1n) is 4.48. The Morgan fingerprint density at radius 1 is 1.36 bits per heavy atom. The predicted molar refractivity (Wildman–Crippen MR) is 49.2 cm³/mol. The quantitative estimate of drug-likeness (QED) is 0.682. The van der Waals surface area contributed by atoms with Gasteiger partial charge in [0, 0.05) is 18.8 Å². The van der Waals surface area contributed by atoms with E-state index in [0.29, 0.717) is 12.8 Å². The van der Waals surface area contributed by atoms with Crippen LogP contribution in [0.2, 0.25) is 0 Å². The Kier molecular flexibility index (Phi) is 2.26. The van der Waals surface area contributed by atoms with Gasteiger partial charge in [-0.1, -0.05) is 0 Å². The maximum Gasteiger partial charge on any atom is 0.230 e. The Bertz CT molecular complexity index is 362. The lowest BCUT2D eigenvalue weighted by atomic mass is 9.99. The smallest absolute Gasteiger partial charge is 0.230 e. The van der Waals surface area contributed by atoms with Gasteiger partial charge in [-0.2, -0.15) is 0 Å². The van der Waals surface area contributed by atoms with Crippen molar-refractivity contribution in [3.63, 3.8) is 0 Å². The molecule has 0 saturated carbocycles. The van der Waals surface area contributed by atoms with Gasteiger partial charge in [0.25, 0.3) is 0 Å². The monoisotopic (exact) mass is 190 g/mol. The number of nitrogens with zero attached hydrogens (tertiary/aromatic N) is 1. The normalized spacial score (nSPS) is 21.0. The van der Waals surface area contributed by atoms with Gasteiger partial charge in [0.15, 0.2) is 0 Å². The summed E-state index contributed by atoms with van der Waals surface area (Å²) in [6.45, 7) is 0. The molecule has 0 bridgehead atoms. The summed E-state index contributed by atoms with van der Waals surface area (Å²) in [5.41, 5.74) is 1.04. The molecule has 1 fully saturated rings. The lowest BCUT2D eigenvalue weighted by Gasteiger charge is -2.04. The molecular weight excluding hydrogens is 180 g/mol. The Morgan fingerprint density at radius 2 is 2.07 bits per heavy atom. The summed E-state index contributed by atoms with van der Waals surface area (Å²) < 4.78 is 0. The standard InChI is InChI=1S/C10H10N2O2/c13-9-6-8(10(14)12-9)5-7-1-3-11-4-2-7/h1-4,8H,5-6H2,(H,12,13,14). The first-order chi connectivity index (χ1) is 6.75. The van der Waals surface area contributed by atoms with Gasteiger partial charge in [-0.05, 0) is 24.1 Å². The highest BCUT2D eigenvalue weighted by atomic mass is 16.2. The van der Waals surface area contributed by atoms with Crippen molar-refractivity contribution in [1.82, 2.24) is 10.3 Å². The van der Waals surface area contributed by atoms with E-state index in [1.807, 2.05) is 12.1 Å². The lowest BCUT2D eigenvalue weighted by molar-refractivity contribution is -0.125. The zero-order chi connectivity index (χ0) is 9.97. The van der Waals surface area contributed by atoms with Gasteiger partial charge < -0.3 is 0 Å². The van der Waals surface area contributed by atoms with Crippen molar-refractivity contribution in [2.24, 2.45) is 5.92 Å². The summed E-state index contributed by atoms with van der Waals surface area (Å²) >= 11 is 0. The number of carbonyl (C=O) groups is 2. The van der Waals surface area contributed by atoms with Crippen molar-refractivity contribution >= 4 is 11.8 Å². The van der Waals surface area contributed by atoms with Gasteiger partial charge >= 0.3 is 0 Å². The molecule has 1 aliphatic heterocycles. The third kappa shape index (κ3) is 1.79. The van der Waals surface area contributed by atoms with E-state index < -0.39 is 0 Å². The van der Waals surface area contributed by atoms with Crippen LogP contribution in [0, 0.1) is 5.92 Å². The van der Waals surface area contributed by atoms with Crippen LogP contribution in [0.5, 0.6) is 0 Å². The number of pyridine rings is 1. The van der Waals surface area contributed by atoms with Crippen molar-refractivity contribution in [3.05, 3.63) is 30.1 Å². The summed E-state index contributed by atoms with van der Waals surface area (Å²) in [7, 11) is 0. The van der Waals surface area contributed by atoms with Gasteiger partial charge in [0.2, 0.25) is 11.8 Å². The molecule has 1 atom stereocenters. The Hall–Kier alpha value is -1.71. The second-order valence-corrected chi connectivity index (χ2v) is 3.37. The maximum atomic E-state index is 11.2. The van der Waals surface area contributed by atoms with Crippen LogP contribution in [0.3, 0.4) is 0 Å². The predicted octanol–water partition coefficient (Wildman–Crippen LogP) is 0.287. The van der Waals surface area contributed by atoms with Crippen molar-refractivity contribution in [1.29, 1.82) is 0 Å². The number of hydrogen-bond donors (Lipinski definition) is 1. The van der Waals surface area contributed by atoms with Crippen LogP contribution in [0.25, 0.3) is 0 Å². The van der Waals surface area contributed by atoms with Crippen molar-refractivity contribution in [2.75, 3.05) is 0 Å². The Labute approximate surface area is 81.3 Å². The molecule has 1 aromatic heterocycles. The minimum Gasteiger partial charge on any atom is -0.296 e. The van der Waals surface area contributed by atoms with E-state index in [-0.39, 0.29) is 17.7 Å². The molecule has 14 heavy (non-hydrogen) atoms. The Morgan fingerprint density at radius 3 is 2.64 bits per heavy atom. The summed E-state index contributed by atoms with van der Waals surface area (Å²) in [6, 6.07) is 3.71. The minimum absolute atomic E-state index is 0.160. The zero-order valence-corrected chi connectivity index (χ0v) is 7.56. The number of amides is 2. The summed E-state index contributed by atoms with van der Waals surface area (Å²) in [4.78, 5) is 26.0. The topological polar surface area (TPSA) is 59.1 Å². The van der Waals surface area contributed by atoms with Crippen LogP contribution in [0.1, 0.15) is 12.0 Å². The van der Waals surface area contributed by atoms with Gasteiger partial charge in [0.1, 0.15) is 0 Å². The van der Waals surface area contributed by atoms with Gasteiger partial charge in [-0.25, -0.2) is 0 Å². The largest absolute Gasteiger partial charge is 0.296 e. The average molecular weight is 190 g/mol. The summed E-state index contributed by atoms with van der Waals surface area (Å²) in [6.07, 6.45) is 4.29. The van der Waals surface area contributed by atoms with E-state index >= 15 is 0 Å². The van der Waals surface area contributed by atoms with Gasteiger partial charge in [-0.15, -0.1) is 0 Å². The molecule has 0 aliphatic carbocycles. The van der Waals surface area contributed by atoms with E-state index in [0.717, 1.165) is 5.56 Å². The zero-order valence-electron chi connectivity index (χ0n) is 7.56. The van der Waals surface area contributed by atoms with Crippen LogP contribution >= 0.6 is 0 Å². The van der Waals surface area contributed by atoms with Crippen molar-refractivity contribution < 1.29 is 9.59 Å². The molecule has 1 saturated heterocycles. The average Bonchev–Trinajstić information content (AvgIpc) is 2.47. The fourth-order valence-corrected chi connectivity index (χ4v) is 1.58. The highest BCUT2D eigenvalue weighted by Crippen LogP contribution is 2.16. The summed E-state index contributed by atoms with van der Waals surface area (Å²) in [5, 5.41) is 2.29. The molecule has 1 aromatic rings. The number of hydrogen-bond acceptors (Lipinski definition) is 3. The van der Waals surface area contributed by atoms with E-state index in [1.54, 1.807) is 12.4 Å². The first kappa shape index (κ1) is 8.87. The molecule has 4 heteroatoms. The lowest BCUT2D eigenvalue weighted by Crippen LogP contribution is -2.22.